The number of aliphatic hydroxyl groups is 1. The first kappa shape index (κ1) is 28.4. The monoisotopic (exact) mass is 614 g/mol. The molecule has 15 heteroatoms. The molecule has 13 nitrogen and oxygen atoms in total. The van der Waals surface area contributed by atoms with E-state index in [1.165, 1.54) is 13.3 Å². The van der Waals surface area contributed by atoms with E-state index in [9.17, 15) is 14.5 Å². The summed E-state index contributed by atoms with van der Waals surface area (Å²) in [5.74, 6) is 1.88. The molecular weight excluding hydrogens is 582 g/mol. The van der Waals surface area contributed by atoms with Crippen LogP contribution in [0, 0.1) is 0 Å². The van der Waals surface area contributed by atoms with E-state index in [0.29, 0.717) is 11.2 Å². The zero-order valence-corrected chi connectivity index (χ0v) is 23.9. The molecule has 1 aliphatic rings. The molecule has 1 fully saturated rings. The third-order valence-electron chi connectivity index (χ3n) is 5.68. The van der Waals surface area contributed by atoms with Crippen LogP contribution in [0.3, 0.4) is 0 Å². The number of carbonyl (C=O) groups is 1. The quantitative estimate of drug-likeness (QED) is 0.164. The number of benzene rings is 1. The van der Waals surface area contributed by atoms with Crippen LogP contribution in [0.25, 0.3) is 11.2 Å². The molecule has 206 valence electrons. The second-order valence-electron chi connectivity index (χ2n) is 8.87. The molecule has 1 unspecified atom stereocenters. The van der Waals surface area contributed by atoms with E-state index in [-0.39, 0.29) is 44.1 Å². The number of nitrogen functional groups attached to an aromatic ring is 1. The van der Waals surface area contributed by atoms with Crippen molar-refractivity contribution in [3.63, 3.8) is 0 Å². The van der Waals surface area contributed by atoms with Gasteiger partial charge < -0.3 is 0 Å². The number of nitrogens with two attached hydrogens (primary N) is 1. The molecule has 3 heterocycles. The zero-order chi connectivity index (χ0) is 27.4. The molecule has 0 radical (unpaired) electrons. The van der Waals surface area contributed by atoms with Gasteiger partial charge in [-0.1, -0.05) is 0 Å². The summed E-state index contributed by atoms with van der Waals surface area (Å²) in [5, 5.41) is 13.7. The molecule has 2 aromatic heterocycles. The number of imidazole rings is 1. The van der Waals surface area contributed by atoms with Gasteiger partial charge in [-0.05, 0) is 0 Å². The van der Waals surface area contributed by atoms with Crippen LogP contribution >= 0.6 is 7.75 Å². The van der Waals surface area contributed by atoms with Crippen LogP contribution in [0.5, 0.6) is 5.75 Å². The van der Waals surface area contributed by atoms with Crippen molar-refractivity contribution in [1.29, 1.82) is 0 Å². The van der Waals surface area contributed by atoms with Gasteiger partial charge in [-0.2, -0.15) is 0 Å². The predicted octanol–water partition coefficient (Wildman–Crippen LogP) is 2.34. The van der Waals surface area contributed by atoms with Gasteiger partial charge in [0.25, 0.3) is 0 Å². The van der Waals surface area contributed by atoms with E-state index < -0.39 is 38.2 Å². The van der Waals surface area contributed by atoms with Gasteiger partial charge >= 0.3 is 226 Å². The summed E-state index contributed by atoms with van der Waals surface area (Å²) in [7, 11) is -4.12. The Kier molecular flexibility index (Phi) is 9.04. The number of rotatable bonds is 11. The normalized spacial score (nSPS) is 23.8. The molecule has 6 atom stereocenters. The minimum atomic E-state index is -4.12. The average molecular weight is 613 g/mol. The molecular formula is C23H31N6O7PSe. The fraction of sp³-hybridized carbons (Fsp3) is 0.478. The van der Waals surface area contributed by atoms with Crippen molar-refractivity contribution < 1.29 is 33.0 Å². The van der Waals surface area contributed by atoms with Gasteiger partial charge in [-0.15, -0.1) is 0 Å². The fourth-order valence-corrected chi connectivity index (χ4v) is 7.25. The van der Waals surface area contributed by atoms with Crippen LogP contribution in [0.4, 0.5) is 5.82 Å². The zero-order valence-electron chi connectivity index (χ0n) is 21.3. The van der Waals surface area contributed by atoms with Crippen LogP contribution in [0.1, 0.15) is 27.0 Å². The Hall–Kier alpha value is -2.57. The fourth-order valence-electron chi connectivity index (χ4n) is 3.90. The minimum absolute atomic E-state index is 0.0500. The van der Waals surface area contributed by atoms with E-state index in [1.54, 1.807) is 55.1 Å². The number of aliphatic hydroxyl groups excluding tert-OH is 1. The number of para-hydroxylation sites is 1. The molecule has 0 saturated carbocycles. The summed E-state index contributed by atoms with van der Waals surface area (Å²) in [5.41, 5.74) is 6.82. The van der Waals surface area contributed by atoms with Gasteiger partial charge in [-0.25, -0.2) is 0 Å². The van der Waals surface area contributed by atoms with Crippen LogP contribution in [-0.2, 0) is 23.4 Å². The summed E-state index contributed by atoms with van der Waals surface area (Å²) in [4.78, 5) is 24.6. The van der Waals surface area contributed by atoms with Gasteiger partial charge in [0.1, 0.15) is 0 Å². The number of ether oxygens (including phenoxy) is 2. The number of fused-ring (bicyclic) bond motifs is 1. The third kappa shape index (κ3) is 6.35. The molecule has 4 N–H and O–H groups in total. The van der Waals surface area contributed by atoms with E-state index in [1.807, 2.05) is 5.82 Å². The summed E-state index contributed by atoms with van der Waals surface area (Å²) >= 11 is -0.0500. The molecule has 0 amide bonds. The summed E-state index contributed by atoms with van der Waals surface area (Å²) < 4.78 is 38.3. The number of nitrogens with one attached hydrogen (secondary N) is 1. The molecule has 1 aliphatic heterocycles. The standard InChI is InChI=1S/C23H31N6O7PSe/c1-13(2)34-23(31)14(3)28-37(32,36-15-8-6-5-7-9-15)33-10-16-18(30)19(38-4)22(35-16)29-12-27-17-20(24)25-11-26-21(17)29/h5-9,11-14,16,18-19,22,30H,10H2,1-4H3,(H,28,32)(H2,24,25,26)/t14-,16+,18+,19-,22+,37?/m0/s1. The van der Waals surface area contributed by atoms with Crippen molar-refractivity contribution >= 4 is 45.7 Å². The summed E-state index contributed by atoms with van der Waals surface area (Å²) in [6.07, 6.45) is 0.134. The maximum absolute atomic E-state index is 13.8. The average Bonchev–Trinajstić information content (AvgIpc) is 3.44. The Labute approximate surface area is 226 Å². The first-order chi connectivity index (χ1) is 18.1. The molecule has 1 aromatic carbocycles. The molecule has 3 aromatic rings. The van der Waals surface area contributed by atoms with Crippen LogP contribution < -0.4 is 15.3 Å². The first-order valence-corrected chi connectivity index (χ1v) is 16.1. The topological polar surface area (TPSA) is 173 Å². The van der Waals surface area contributed by atoms with Crippen molar-refractivity contribution in [2.24, 2.45) is 0 Å². The van der Waals surface area contributed by atoms with E-state index in [0.717, 1.165) is 0 Å². The molecule has 0 spiro atoms. The van der Waals surface area contributed by atoms with Crippen LogP contribution in [-0.4, -0.2) is 76.5 Å². The van der Waals surface area contributed by atoms with E-state index in [2.05, 4.69) is 20.0 Å². The molecule has 1 saturated heterocycles. The van der Waals surface area contributed by atoms with E-state index >= 15 is 0 Å². The Morgan fingerprint density at radius 2 is 2.00 bits per heavy atom. The van der Waals surface area contributed by atoms with Gasteiger partial charge in [0.15, 0.2) is 0 Å². The Balaban J connectivity index is 1.52. The second-order valence-corrected chi connectivity index (χ2v) is 12.7. The van der Waals surface area contributed by atoms with Gasteiger partial charge in [-0.3, -0.25) is 0 Å². The predicted molar refractivity (Wildman–Crippen MR) is 139 cm³/mol. The molecule has 38 heavy (non-hydrogen) atoms. The molecule has 4 rings (SSSR count). The Bertz CT molecular complexity index is 1300. The van der Waals surface area contributed by atoms with Crippen LogP contribution in [0.15, 0.2) is 43.0 Å². The molecule has 0 bridgehead atoms. The summed E-state index contributed by atoms with van der Waals surface area (Å²) in [6.45, 7) is 4.65. The van der Waals surface area contributed by atoms with Crippen molar-refractivity contribution in [3.8, 4) is 5.75 Å². The van der Waals surface area contributed by atoms with Gasteiger partial charge in [0.2, 0.25) is 0 Å². The Morgan fingerprint density at radius 3 is 2.68 bits per heavy atom. The van der Waals surface area contributed by atoms with Crippen molar-refractivity contribution in [2.45, 2.75) is 62.0 Å². The number of nitrogens with zero attached hydrogens (tertiary/aromatic N) is 4. The van der Waals surface area contributed by atoms with Crippen LogP contribution in [0.2, 0.25) is 10.6 Å². The second kappa shape index (κ2) is 12.1. The summed E-state index contributed by atoms with van der Waals surface area (Å²) in [6, 6.07) is 7.43. The van der Waals surface area contributed by atoms with Crippen molar-refractivity contribution in [2.75, 3.05) is 12.3 Å². The SMILES string of the molecule is C[Se][C@H]1[C@H](O)[C@@H](COP(=O)(N[C@@H](C)C(=O)OC(C)C)Oc2ccccc2)O[C@H]1n1cnc2c(N)ncnc21. The number of hydrogen-bond acceptors (Lipinski definition) is 11. The number of anilines is 1. The molecule has 0 aliphatic carbocycles. The number of esters is 1. The van der Waals surface area contributed by atoms with Gasteiger partial charge in [0.05, 0.1) is 0 Å². The maximum atomic E-state index is 13.8. The Morgan fingerprint density at radius 1 is 1.26 bits per heavy atom. The number of aromatic nitrogens is 4. The number of hydrogen-bond donors (Lipinski definition) is 3. The van der Waals surface area contributed by atoms with Crippen molar-refractivity contribution in [3.05, 3.63) is 43.0 Å². The van der Waals surface area contributed by atoms with Gasteiger partial charge in [0, 0.05) is 0 Å². The van der Waals surface area contributed by atoms with Crippen molar-refractivity contribution in [1.82, 2.24) is 24.6 Å². The number of carbonyl (C=O) groups excluding carboxylic acids is 1. The third-order valence-corrected chi connectivity index (χ3v) is 9.54. The van der Waals surface area contributed by atoms with E-state index in [4.69, 9.17) is 24.3 Å². The first-order valence-electron chi connectivity index (χ1n) is 11.9.